The first-order valence-corrected chi connectivity index (χ1v) is 4.14. The van der Waals surface area contributed by atoms with Crippen LogP contribution in [0.5, 0.6) is 0 Å². The summed E-state index contributed by atoms with van der Waals surface area (Å²) in [6.07, 6.45) is 1.05. The maximum atomic E-state index is 5.27. The molecular weight excluding hydrogens is 146 g/mol. The van der Waals surface area contributed by atoms with Crippen molar-refractivity contribution in [3.05, 3.63) is 35.4 Å². The minimum atomic E-state index is 0.427. The maximum absolute atomic E-state index is 5.27. The highest BCUT2D eigenvalue weighted by atomic mass is 14.5. The Balaban J connectivity index is 2.86. The van der Waals surface area contributed by atoms with Crippen molar-refractivity contribution in [2.45, 2.75) is 13.3 Å². The van der Waals surface area contributed by atoms with Crippen molar-refractivity contribution in [1.29, 1.82) is 0 Å². The molecule has 0 spiro atoms. The van der Waals surface area contributed by atoms with Crippen LogP contribution in [-0.2, 0) is 6.42 Å². The van der Waals surface area contributed by atoms with E-state index in [4.69, 9.17) is 5.73 Å². The molecule has 0 aliphatic heterocycles. The topological polar surface area (TPSA) is 26.0 Å². The van der Waals surface area contributed by atoms with Gasteiger partial charge in [-0.2, -0.15) is 0 Å². The standard InChI is InChI=1S/C11H13N/c1-2-10-5-3-6-11(9-10)7-4-8-12/h3,5-6,9H,2,8,12H2,1H3. The molecule has 0 bridgehead atoms. The summed E-state index contributed by atoms with van der Waals surface area (Å²) in [4.78, 5) is 0. The molecule has 0 aliphatic rings. The zero-order valence-corrected chi connectivity index (χ0v) is 7.30. The second-order valence-electron chi connectivity index (χ2n) is 2.56. The van der Waals surface area contributed by atoms with Gasteiger partial charge >= 0.3 is 0 Å². The molecule has 0 aromatic heterocycles. The van der Waals surface area contributed by atoms with Gasteiger partial charge in [0.2, 0.25) is 0 Å². The number of hydrogen-bond donors (Lipinski definition) is 1. The molecule has 2 N–H and O–H groups in total. The molecule has 0 fully saturated rings. The third kappa shape index (κ3) is 2.41. The van der Waals surface area contributed by atoms with Gasteiger partial charge in [-0.05, 0) is 24.1 Å². The van der Waals surface area contributed by atoms with Gasteiger partial charge in [-0.3, -0.25) is 0 Å². The van der Waals surface area contributed by atoms with E-state index in [0.29, 0.717) is 6.54 Å². The lowest BCUT2D eigenvalue weighted by Gasteiger charge is -1.95. The fourth-order valence-corrected chi connectivity index (χ4v) is 1.02. The first kappa shape index (κ1) is 8.83. The van der Waals surface area contributed by atoms with Crippen LogP contribution in [0.15, 0.2) is 24.3 Å². The molecule has 0 unspecified atom stereocenters. The molecule has 1 heteroatoms. The molecule has 1 nitrogen and oxygen atoms in total. The summed E-state index contributed by atoms with van der Waals surface area (Å²) >= 11 is 0. The van der Waals surface area contributed by atoms with Crippen LogP contribution in [0.25, 0.3) is 0 Å². The SMILES string of the molecule is CCc1cccc(C#CCN)c1. The third-order valence-corrected chi connectivity index (χ3v) is 1.67. The van der Waals surface area contributed by atoms with E-state index in [9.17, 15) is 0 Å². The average Bonchev–Trinajstić information content (AvgIpc) is 2.15. The summed E-state index contributed by atoms with van der Waals surface area (Å²) < 4.78 is 0. The Morgan fingerprint density at radius 2 is 2.25 bits per heavy atom. The zero-order chi connectivity index (χ0) is 8.81. The highest BCUT2D eigenvalue weighted by Crippen LogP contribution is 2.03. The minimum Gasteiger partial charge on any atom is -0.320 e. The van der Waals surface area contributed by atoms with Crippen LogP contribution in [0.1, 0.15) is 18.1 Å². The van der Waals surface area contributed by atoms with Gasteiger partial charge in [0.15, 0.2) is 0 Å². The highest BCUT2D eigenvalue weighted by Gasteiger charge is 1.88. The van der Waals surface area contributed by atoms with E-state index in [1.54, 1.807) is 0 Å². The predicted octanol–water partition coefficient (Wildman–Crippen LogP) is 1.56. The fourth-order valence-electron chi connectivity index (χ4n) is 1.02. The number of benzene rings is 1. The van der Waals surface area contributed by atoms with Crippen molar-refractivity contribution in [2.24, 2.45) is 5.73 Å². The maximum Gasteiger partial charge on any atom is 0.0555 e. The molecule has 0 saturated carbocycles. The lowest BCUT2D eigenvalue weighted by molar-refractivity contribution is 1.14. The van der Waals surface area contributed by atoms with Crippen LogP contribution in [0, 0.1) is 11.8 Å². The van der Waals surface area contributed by atoms with Gasteiger partial charge in [-0.1, -0.05) is 30.9 Å². The van der Waals surface area contributed by atoms with Gasteiger partial charge in [0.1, 0.15) is 0 Å². The van der Waals surface area contributed by atoms with Gasteiger partial charge in [0.05, 0.1) is 6.54 Å². The lowest BCUT2D eigenvalue weighted by atomic mass is 10.1. The normalized spacial score (nSPS) is 8.83. The summed E-state index contributed by atoms with van der Waals surface area (Å²) in [5.41, 5.74) is 7.65. The van der Waals surface area contributed by atoms with E-state index < -0.39 is 0 Å². The Morgan fingerprint density at radius 3 is 2.92 bits per heavy atom. The van der Waals surface area contributed by atoms with Gasteiger partial charge in [0.25, 0.3) is 0 Å². The molecule has 62 valence electrons. The molecule has 1 aromatic carbocycles. The number of nitrogens with two attached hydrogens (primary N) is 1. The van der Waals surface area contributed by atoms with E-state index in [2.05, 4.69) is 30.9 Å². The van der Waals surface area contributed by atoms with Crippen LogP contribution in [0.3, 0.4) is 0 Å². The van der Waals surface area contributed by atoms with Crippen molar-refractivity contribution in [2.75, 3.05) is 6.54 Å². The second kappa shape index (κ2) is 4.58. The molecular formula is C11H13N. The van der Waals surface area contributed by atoms with Crippen LogP contribution in [0.2, 0.25) is 0 Å². The van der Waals surface area contributed by atoms with E-state index in [0.717, 1.165) is 12.0 Å². The summed E-state index contributed by atoms with van der Waals surface area (Å²) in [6.45, 7) is 2.56. The van der Waals surface area contributed by atoms with Gasteiger partial charge in [-0.25, -0.2) is 0 Å². The largest absolute Gasteiger partial charge is 0.320 e. The molecule has 0 heterocycles. The van der Waals surface area contributed by atoms with E-state index in [1.807, 2.05) is 12.1 Å². The number of rotatable bonds is 1. The summed E-state index contributed by atoms with van der Waals surface area (Å²) in [5, 5.41) is 0. The fraction of sp³-hybridized carbons (Fsp3) is 0.273. The van der Waals surface area contributed by atoms with Crippen molar-refractivity contribution in [3.63, 3.8) is 0 Å². The van der Waals surface area contributed by atoms with Gasteiger partial charge in [-0.15, -0.1) is 0 Å². The first-order valence-electron chi connectivity index (χ1n) is 4.14. The second-order valence-corrected chi connectivity index (χ2v) is 2.56. The minimum absolute atomic E-state index is 0.427. The Kier molecular flexibility index (Phi) is 3.37. The first-order chi connectivity index (χ1) is 5.86. The summed E-state index contributed by atoms with van der Waals surface area (Å²) in [7, 11) is 0. The van der Waals surface area contributed by atoms with E-state index in [-0.39, 0.29) is 0 Å². The zero-order valence-electron chi connectivity index (χ0n) is 7.30. The number of hydrogen-bond acceptors (Lipinski definition) is 1. The summed E-state index contributed by atoms with van der Waals surface area (Å²) in [5.74, 6) is 5.84. The molecule has 0 aliphatic carbocycles. The molecule has 1 aromatic rings. The van der Waals surface area contributed by atoms with Crippen LogP contribution >= 0.6 is 0 Å². The van der Waals surface area contributed by atoms with Crippen molar-refractivity contribution in [3.8, 4) is 11.8 Å². The van der Waals surface area contributed by atoms with E-state index >= 15 is 0 Å². The Morgan fingerprint density at radius 1 is 1.42 bits per heavy atom. The third-order valence-electron chi connectivity index (χ3n) is 1.67. The molecule has 1 rings (SSSR count). The van der Waals surface area contributed by atoms with Gasteiger partial charge < -0.3 is 5.73 Å². The highest BCUT2D eigenvalue weighted by molar-refractivity contribution is 5.37. The van der Waals surface area contributed by atoms with Crippen LogP contribution in [0.4, 0.5) is 0 Å². The van der Waals surface area contributed by atoms with Crippen LogP contribution < -0.4 is 5.73 Å². The molecule has 0 saturated heterocycles. The monoisotopic (exact) mass is 159 g/mol. The Bertz CT molecular complexity index is 304. The van der Waals surface area contributed by atoms with Crippen molar-refractivity contribution in [1.82, 2.24) is 0 Å². The molecule has 0 radical (unpaired) electrons. The average molecular weight is 159 g/mol. The Labute approximate surface area is 73.6 Å². The smallest absolute Gasteiger partial charge is 0.0555 e. The van der Waals surface area contributed by atoms with Crippen molar-refractivity contribution < 1.29 is 0 Å². The molecule has 0 amide bonds. The molecule has 0 atom stereocenters. The van der Waals surface area contributed by atoms with Gasteiger partial charge in [0, 0.05) is 5.56 Å². The quantitative estimate of drug-likeness (QED) is 0.618. The number of aryl methyl sites for hydroxylation is 1. The predicted molar refractivity (Wildman–Crippen MR) is 51.8 cm³/mol. The Hall–Kier alpha value is -1.26. The van der Waals surface area contributed by atoms with Crippen molar-refractivity contribution >= 4 is 0 Å². The molecule has 12 heavy (non-hydrogen) atoms. The summed E-state index contributed by atoms with van der Waals surface area (Å²) in [6, 6.07) is 8.23. The lowest BCUT2D eigenvalue weighted by Crippen LogP contribution is -1.93. The van der Waals surface area contributed by atoms with Crippen LogP contribution in [-0.4, -0.2) is 6.54 Å². The van der Waals surface area contributed by atoms with E-state index in [1.165, 1.54) is 5.56 Å².